The summed E-state index contributed by atoms with van der Waals surface area (Å²) in [5, 5.41) is 3.34. The molecule has 1 saturated carbocycles. The molecule has 0 bridgehead atoms. The second-order valence-corrected chi connectivity index (χ2v) is 9.53. The predicted molar refractivity (Wildman–Crippen MR) is 108 cm³/mol. The number of nitrogens with one attached hydrogen (secondary N) is 1. The maximum Gasteiger partial charge on any atom is 0.253 e. The van der Waals surface area contributed by atoms with E-state index < -0.39 is 0 Å². The molecule has 1 N–H and O–H groups in total. The van der Waals surface area contributed by atoms with E-state index in [-0.39, 0.29) is 29.1 Å². The molecule has 1 aliphatic carbocycles. The fraction of sp³-hybridized carbons (Fsp3) is 0.652. The van der Waals surface area contributed by atoms with Crippen molar-refractivity contribution in [2.45, 2.75) is 44.1 Å². The average Bonchev–Trinajstić information content (AvgIpc) is 3.43. The lowest BCUT2D eigenvalue weighted by Gasteiger charge is -2.43. The van der Waals surface area contributed by atoms with E-state index in [9.17, 15) is 14.0 Å². The molecular formula is C23H30FN3O2. The number of piperidine rings is 1. The molecule has 5 rings (SSSR count). The van der Waals surface area contributed by atoms with E-state index in [1.807, 2.05) is 4.90 Å². The highest BCUT2D eigenvalue weighted by molar-refractivity contribution is 5.94. The van der Waals surface area contributed by atoms with Gasteiger partial charge in [0, 0.05) is 49.7 Å². The van der Waals surface area contributed by atoms with Crippen molar-refractivity contribution in [3.63, 3.8) is 0 Å². The van der Waals surface area contributed by atoms with Crippen LogP contribution >= 0.6 is 0 Å². The topological polar surface area (TPSA) is 52.7 Å². The van der Waals surface area contributed by atoms with Crippen molar-refractivity contribution in [1.29, 1.82) is 0 Å². The van der Waals surface area contributed by atoms with E-state index in [1.165, 1.54) is 37.8 Å². The third-order valence-electron chi connectivity index (χ3n) is 7.84. The molecule has 29 heavy (non-hydrogen) atoms. The van der Waals surface area contributed by atoms with Crippen molar-refractivity contribution < 1.29 is 14.0 Å². The number of nitrogens with zero attached hydrogens (tertiary/aromatic N) is 2. The van der Waals surface area contributed by atoms with E-state index in [4.69, 9.17) is 0 Å². The van der Waals surface area contributed by atoms with Crippen molar-refractivity contribution in [1.82, 2.24) is 15.1 Å². The van der Waals surface area contributed by atoms with E-state index in [1.54, 1.807) is 12.1 Å². The fourth-order valence-corrected chi connectivity index (χ4v) is 6.23. The highest BCUT2D eigenvalue weighted by Gasteiger charge is 2.57. The number of benzene rings is 1. The van der Waals surface area contributed by atoms with Gasteiger partial charge < -0.3 is 15.1 Å². The number of fused-ring (bicyclic) bond motifs is 2. The number of carbonyl (C=O) groups excluding carboxylic acids is 2. The molecule has 1 aromatic carbocycles. The van der Waals surface area contributed by atoms with Crippen LogP contribution in [-0.4, -0.2) is 59.9 Å². The fourth-order valence-electron chi connectivity index (χ4n) is 6.23. The van der Waals surface area contributed by atoms with E-state index in [0.717, 1.165) is 38.4 Å². The number of hydrogen-bond acceptors (Lipinski definition) is 3. The molecule has 3 aliphatic heterocycles. The third kappa shape index (κ3) is 3.45. The van der Waals surface area contributed by atoms with Crippen LogP contribution in [0.1, 0.15) is 48.9 Å². The minimum atomic E-state index is -0.331. The Hall–Kier alpha value is -1.95. The molecule has 0 aromatic heterocycles. The minimum absolute atomic E-state index is 0.0463. The number of hydrogen-bond donors (Lipinski definition) is 1. The Balaban J connectivity index is 1.23. The summed E-state index contributed by atoms with van der Waals surface area (Å²) in [4.78, 5) is 29.9. The Kier molecular flexibility index (Phi) is 4.85. The Morgan fingerprint density at radius 2 is 1.79 bits per heavy atom. The average molecular weight is 400 g/mol. The van der Waals surface area contributed by atoms with Gasteiger partial charge >= 0.3 is 0 Å². The van der Waals surface area contributed by atoms with Crippen LogP contribution in [0, 0.1) is 23.6 Å². The lowest BCUT2D eigenvalue weighted by atomic mass is 9.75. The van der Waals surface area contributed by atoms with Crippen LogP contribution in [0.3, 0.4) is 0 Å². The smallest absolute Gasteiger partial charge is 0.253 e. The van der Waals surface area contributed by atoms with Crippen LogP contribution in [0.25, 0.3) is 0 Å². The van der Waals surface area contributed by atoms with Crippen LogP contribution in [-0.2, 0) is 4.79 Å². The van der Waals surface area contributed by atoms with E-state index in [2.05, 4.69) is 10.2 Å². The zero-order chi connectivity index (χ0) is 20.0. The van der Waals surface area contributed by atoms with Crippen LogP contribution in [0.2, 0.25) is 0 Å². The Morgan fingerprint density at radius 3 is 2.48 bits per heavy atom. The van der Waals surface area contributed by atoms with Gasteiger partial charge in [-0.1, -0.05) is 12.8 Å². The maximum atomic E-state index is 13.1. The van der Waals surface area contributed by atoms with Crippen molar-refractivity contribution in [3.05, 3.63) is 35.6 Å². The molecule has 4 fully saturated rings. The molecule has 2 amide bonds. The zero-order valence-electron chi connectivity index (χ0n) is 16.9. The van der Waals surface area contributed by atoms with Gasteiger partial charge in [0.2, 0.25) is 5.91 Å². The summed E-state index contributed by atoms with van der Waals surface area (Å²) < 4.78 is 13.1. The summed E-state index contributed by atoms with van der Waals surface area (Å²) in [5.41, 5.74) is 0.366. The normalized spacial score (nSPS) is 29.4. The summed E-state index contributed by atoms with van der Waals surface area (Å²) in [5.74, 6) is 1.11. The first-order valence-corrected chi connectivity index (χ1v) is 11.1. The Bertz CT molecular complexity index is 782. The van der Waals surface area contributed by atoms with Crippen molar-refractivity contribution >= 4 is 11.8 Å². The molecule has 156 valence electrons. The van der Waals surface area contributed by atoms with E-state index >= 15 is 0 Å². The van der Waals surface area contributed by atoms with Crippen LogP contribution in [0.5, 0.6) is 0 Å². The van der Waals surface area contributed by atoms with Gasteiger partial charge in [0.05, 0.1) is 5.92 Å². The van der Waals surface area contributed by atoms with E-state index in [0.29, 0.717) is 24.6 Å². The third-order valence-corrected chi connectivity index (χ3v) is 7.84. The molecule has 2 atom stereocenters. The number of halogens is 1. The first kappa shape index (κ1) is 19.0. The molecule has 1 spiro atoms. The van der Waals surface area contributed by atoms with Crippen molar-refractivity contribution in [2.24, 2.45) is 17.8 Å². The second kappa shape index (κ2) is 7.38. The Morgan fingerprint density at radius 1 is 1.10 bits per heavy atom. The minimum Gasteiger partial charge on any atom is -0.350 e. The lowest BCUT2D eigenvalue weighted by Crippen LogP contribution is -2.56. The molecule has 0 unspecified atom stereocenters. The van der Waals surface area contributed by atoms with Gasteiger partial charge in [-0.3, -0.25) is 9.59 Å². The second-order valence-electron chi connectivity index (χ2n) is 9.53. The summed E-state index contributed by atoms with van der Waals surface area (Å²) >= 11 is 0. The number of amides is 2. The number of carbonyl (C=O) groups is 2. The monoisotopic (exact) mass is 399 g/mol. The largest absolute Gasteiger partial charge is 0.350 e. The van der Waals surface area contributed by atoms with Gasteiger partial charge in [-0.25, -0.2) is 4.39 Å². The standard InChI is InChI=1S/C23H30FN3O2/c24-18-7-5-17(6-8-18)22(29)27-11-9-23(10-12-27)20-15-26(13-16-3-1-2-4-16)14-19(20)21(28)25-23/h5-8,16,19-20H,1-4,9-15H2,(H,25,28)/t19-,20+/m1/s1. The lowest BCUT2D eigenvalue weighted by molar-refractivity contribution is -0.123. The van der Waals surface area contributed by atoms with Crippen LogP contribution in [0.15, 0.2) is 24.3 Å². The van der Waals surface area contributed by atoms with Gasteiger partial charge in [-0.15, -0.1) is 0 Å². The molecule has 4 aliphatic rings. The first-order valence-electron chi connectivity index (χ1n) is 11.1. The molecule has 1 aromatic rings. The van der Waals surface area contributed by atoms with Crippen molar-refractivity contribution in [3.8, 4) is 0 Å². The summed E-state index contributed by atoms with van der Waals surface area (Å²) in [6.07, 6.45) is 7.00. The molecular weight excluding hydrogens is 369 g/mol. The zero-order valence-corrected chi connectivity index (χ0v) is 16.9. The number of rotatable bonds is 3. The summed E-state index contributed by atoms with van der Waals surface area (Å²) in [6.45, 7) is 4.33. The molecule has 3 saturated heterocycles. The van der Waals surface area contributed by atoms with Gasteiger partial charge in [0.15, 0.2) is 0 Å². The molecule has 6 heteroatoms. The predicted octanol–water partition coefficient (Wildman–Crippen LogP) is 2.67. The Labute approximate surface area is 171 Å². The highest BCUT2D eigenvalue weighted by atomic mass is 19.1. The van der Waals surface area contributed by atoms with Gasteiger partial charge in [0.25, 0.3) is 5.91 Å². The summed E-state index contributed by atoms with van der Waals surface area (Å²) in [6, 6.07) is 5.76. The SMILES string of the molecule is O=C1NC2(CCN(C(=O)c3ccc(F)cc3)CC2)[C@H]2CN(CC3CCCC3)C[C@@H]12. The van der Waals surface area contributed by atoms with Crippen LogP contribution < -0.4 is 5.32 Å². The first-order chi connectivity index (χ1) is 14.0. The van der Waals surface area contributed by atoms with Crippen LogP contribution in [0.4, 0.5) is 4.39 Å². The quantitative estimate of drug-likeness (QED) is 0.850. The maximum absolute atomic E-state index is 13.1. The van der Waals surface area contributed by atoms with Gasteiger partial charge in [-0.05, 0) is 55.9 Å². The molecule has 3 heterocycles. The van der Waals surface area contributed by atoms with Crippen molar-refractivity contribution in [2.75, 3.05) is 32.7 Å². The van der Waals surface area contributed by atoms with Gasteiger partial charge in [-0.2, -0.15) is 0 Å². The molecule has 5 nitrogen and oxygen atoms in total. The van der Waals surface area contributed by atoms with Gasteiger partial charge in [0.1, 0.15) is 5.82 Å². The number of likely N-dealkylation sites (tertiary alicyclic amines) is 2. The summed E-state index contributed by atoms with van der Waals surface area (Å²) in [7, 11) is 0. The molecule has 0 radical (unpaired) electrons. The highest BCUT2D eigenvalue weighted by Crippen LogP contribution is 2.44.